The van der Waals surface area contributed by atoms with Crippen LogP contribution >= 0.6 is 0 Å². The molecule has 2 aromatic rings. The predicted molar refractivity (Wildman–Crippen MR) is 101 cm³/mol. The lowest BCUT2D eigenvalue weighted by molar-refractivity contribution is -0.384. The number of hydrogen-bond acceptors (Lipinski definition) is 7. The normalized spacial score (nSPS) is 15.7. The minimum Gasteiger partial charge on any atom is -0.271 e. The number of rotatable bonds is 6. The number of nitro benzene ring substituents is 1. The zero-order chi connectivity index (χ0) is 19.4. The van der Waals surface area contributed by atoms with E-state index in [9.17, 15) is 18.5 Å². The van der Waals surface area contributed by atoms with E-state index in [1.807, 2.05) is 6.07 Å². The summed E-state index contributed by atoms with van der Waals surface area (Å²) in [6, 6.07) is 7.37. The van der Waals surface area contributed by atoms with Crippen LogP contribution in [0.4, 0.5) is 11.4 Å². The molecule has 1 saturated heterocycles. The topological polar surface area (TPSA) is 118 Å². The van der Waals surface area contributed by atoms with Gasteiger partial charge in [-0.1, -0.05) is 6.07 Å². The van der Waals surface area contributed by atoms with Gasteiger partial charge in [0, 0.05) is 37.1 Å². The van der Waals surface area contributed by atoms with E-state index in [2.05, 4.69) is 15.5 Å². The largest absolute Gasteiger partial charge is 0.295 e. The Labute approximate surface area is 156 Å². The molecule has 0 aliphatic carbocycles. The minimum absolute atomic E-state index is 0.0883. The van der Waals surface area contributed by atoms with Gasteiger partial charge in [0.05, 0.1) is 15.5 Å². The summed E-state index contributed by atoms with van der Waals surface area (Å²) in [4.78, 5) is 14.7. The average molecular weight is 389 g/mol. The first-order valence-electron chi connectivity index (χ1n) is 8.39. The Morgan fingerprint density at radius 1 is 1.30 bits per heavy atom. The van der Waals surface area contributed by atoms with Crippen molar-refractivity contribution in [1.82, 2.24) is 9.29 Å². The van der Waals surface area contributed by atoms with Crippen LogP contribution in [-0.2, 0) is 10.0 Å². The highest BCUT2D eigenvalue weighted by atomic mass is 32.2. The lowest BCUT2D eigenvalue weighted by atomic mass is 10.2. The lowest BCUT2D eigenvalue weighted by Crippen LogP contribution is -2.27. The highest BCUT2D eigenvalue weighted by Gasteiger charge is 2.29. The van der Waals surface area contributed by atoms with Gasteiger partial charge in [0.15, 0.2) is 0 Å². The van der Waals surface area contributed by atoms with Crippen molar-refractivity contribution in [1.29, 1.82) is 0 Å². The molecule has 27 heavy (non-hydrogen) atoms. The van der Waals surface area contributed by atoms with Gasteiger partial charge in [-0.15, -0.1) is 0 Å². The van der Waals surface area contributed by atoms with Crippen molar-refractivity contribution < 1.29 is 13.3 Å². The van der Waals surface area contributed by atoms with Crippen LogP contribution in [0.3, 0.4) is 0 Å². The van der Waals surface area contributed by atoms with Crippen molar-refractivity contribution in [3.8, 4) is 0 Å². The molecule has 1 aliphatic rings. The molecule has 142 valence electrons. The van der Waals surface area contributed by atoms with E-state index in [1.54, 1.807) is 25.4 Å². The van der Waals surface area contributed by atoms with Gasteiger partial charge in [-0.2, -0.15) is 9.41 Å². The van der Waals surface area contributed by atoms with Gasteiger partial charge in [0.2, 0.25) is 10.0 Å². The van der Waals surface area contributed by atoms with Gasteiger partial charge >= 0.3 is 0 Å². The van der Waals surface area contributed by atoms with E-state index >= 15 is 0 Å². The third-order valence-corrected chi connectivity index (χ3v) is 6.19. The van der Waals surface area contributed by atoms with Gasteiger partial charge in [0.1, 0.15) is 5.69 Å². The number of benzene rings is 1. The first kappa shape index (κ1) is 18.9. The van der Waals surface area contributed by atoms with Crippen molar-refractivity contribution in [2.45, 2.75) is 24.7 Å². The van der Waals surface area contributed by atoms with Crippen LogP contribution in [0.1, 0.15) is 25.3 Å². The van der Waals surface area contributed by atoms with Gasteiger partial charge in [-0.3, -0.25) is 20.5 Å². The van der Waals surface area contributed by atoms with Crippen LogP contribution in [-0.4, -0.2) is 41.4 Å². The molecule has 9 nitrogen and oxygen atoms in total. The lowest BCUT2D eigenvalue weighted by Gasteiger charge is -2.15. The third-order valence-electron chi connectivity index (χ3n) is 4.29. The van der Waals surface area contributed by atoms with Crippen molar-refractivity contribution in [2.75, 3.05) is 18.5 Å². The molecule has 0 unspecified atom stereocenters. The van der Waals surface area contributed by atoms with Crippen LogP contribution < -0.4 is 5.43 Å². The molecule has 0 saturated carbocycles. The molecule has 0 bridgehead atoms. The van der Waals surface area contributed by atoms with E-state index < -0.39 is 14.9 Å². The van der Waals surface area contributed by atoms with Crippen molar-refractivity contribution in [2.24, 2.45) is 5.10 Å². The summed E-state index contributed by atoms with van der Waals surface area (Å²) < 4.78 is 26.6. The second kappa shape index (κ2) is 7.80. The summed E-state index contributed by atoms with van der Waals surface area (Å²) in [6.45, 7) is 2.61. The van der Waals surface area contributed by atoms with Crippen LogP contribution in [0.5, 0.6) is 0 Å². The summed E-state index contributed by atoms with van der Waals surface area (Å²) in [5, 5.41) is 15.6. The summed E-state index contributed by atoms with van der Waals surface area (Å²) in [6.07, 6.45) is 4.85. The Balaban J connectivity index is 1.89. The Hall–Kier alpha value is -2.85. The fourth-order valence-corrected chi connectivity index (χ4v) is 4.32. The fraction of sp³-hybridized carbons (Fsp3) is 0.294. The highest BCUT2D eigenvalue weighted by Crippen LogP contribution is 2.30. The maximum atomic E-state index is 12.6. The van der Waals surface area contributed by atoms with Gasteiger partial charge < -0.3 is 0 Å². The number of nitrogens with zero attached hydrogens (tertiary/aromatic N) is 4. The molecule has 0 atom stereocenters. The van der Waals surface area contributed by atoms with Crippen LogP contribution in [0.15, 0.2) is 52.7 Å². The molecule has 1 aromatic heterocycles. The van der Waals surface area contributed by atoms with E-state index in [0.29, 0.717) is 18.8 Å². The van der Waals surface area contributed by atoms with Gasteiger partial charge in [-0.25, -0.2) is 8.42 Å². The maximum absolute atomic E-state index is 12.6. The smallest absolute Gasteiger partial charge is 0.271 e. The SMILES string of the molecule is C/C(=N/Nc1ccc(S(=O)(=O)N2CCCC2)cc1[N+](=O)[O-])c1cccnc1. The first-order valence-corrected chi connectivity index (χ1v) is 9.83. The zero-order valence-electron chi connectivity index (χ0n) is 14.7. The summed E-state index contributed by atoms with van der Waals surface area (Å²) >= 11 is 0. The zero-order valence-corrected chi connectivity index (χ0v) is 15.5. The molecular weight excluding hydrogens is 370 g/mol. The minimum atomic E-state index is -3.73. The fourth-order valence-electron chi connectivity index (χ4n) is 2.78. The van der Waals surface area contributed by atoms with Crippen molar-refractivity contribution in [3.63, 3.8) is 0 Å². The summed E-state index contributed by atoms with van der Waals surface area (Å²) in [5.41, 5.74) is 3.77. The van der Waals surface area contributed by atoms with E-state index in [0.717, 1.165) is 24.5 Å². The second-order valence-electron chi connectivity index (χ2n) is 6.10. The van der Waals surface area contributed by atoms with Crippen molar-refractivity contribution in [3.05, 3.63) is 58.4 Å². The number of anilines is 1. The molecule has 1 aliphatic heterocycles. The monoisotopic (exact) mass is 389 g/mol. The molecule has 10 heteroatoms. The number of aromatic nitrogens is 1. The van der Waals surface area contributed by atoms with E-state index in [-0.39, 0.29) is 16.3 Å². The highest BCUT2D eigenvalue weighted by molar-refractivity contribution is 7.89. The maximum Gasteiger partial charge on any atom is 0.295 e. The van der Waals surface area contributed by atoms with Crippen LogP contribution in [0.2, 0.25) is 0 Å². The number of hydrazone groups is 1. The third kappa shape index (κ3) is 4.12. The van der Waals surface area contributed by atoms with Gasteiger partial charge in [0.25, 0.3) is 5.69 Å². The molecule has 0 radical (unpaired) electrons. The Bertz CT molecular complexity index is 970. The molecule has 3 rings (SSSR count). The van der Waals surface area contributed by atoms with Crippen LogP contribution in [0.25, 0.3) is 0 Å². The quantitative estimate of drug-likeness (QED) is 0.461. The summed E-state index contributed by atoms with van der Waals surface area (Å²) in [7, 11) is -3.73. The van der Waals surface area contributed by atoms with Gasteiger partial charge in [-0.05, 0) is 38.0 Å². The number of hydrogen-bond donors (Lipinski definition) is 1. The standard InChI is InChI=1S/C17H19N5O4S/c1-13(14-5-4-8-18-12-14)19-20-16-7-6-15(11-17(16)22(23)24)27(25,26)21-9-2-3-10-21/h4-8,11-12,20H,2-3,9-10H2,1H3/b19-13-. The number of nitrogens with one attached hydrogen (secondary N) is 1. The Kier molecular flexibility index (Phi) is 5.47. The summed E-state index contributed by atoms with van der Waals surface area (Å²) in [5.74, 6) is 0. The molecule has 1 aromatic carbocycles. The Morgan fingerprint density at radius 2 is 2.04 bits per heavy atom. The number of pyridine rings is 1. The second-order valence-corrected chi connectivity index (χ2v) is 8.04. The number of sulfonamides is 1. The van der Waals surface area contributed by atoms with E-state index in [1.165, 1.54) is 16.4 Å². The molecular formula is C17H19N5O4S. The predicted octanol–water partition coefficient (Wildman–Crippen LogP) is 2.61. The molecule has 2 heterocycles. The average Bonchev–Trinajstić information content (AvgIpc) is 3.22. The van der Waals surface area contributed by atoms with Crippen LogP contribution in [0, 0.1) is 10.1 Å². The number of nitro groups is 1. The molecule has 1 fully saturated rings. The van der Waals surface area contributed by atoms with E-state index in [4.69, 9.17) is 0 Å². The molecule has 0 amide bonds. The first-order chi connectivity index (χ1) is 12.9. The molecule has 1 N–H and O–H groups in total. The Morgan fingerprint density at radius 3 is 2.67 bits per heavy atom. The molecule has 0 spiro atoms. The van der Waals surface area contributed by atoms with Crippen molar-refractivity contribution >= 4 is 27.1 Å².